The summed E-state index contributed by atoms with van der Waals surface area (Å²) in [7, 11) is 0. The van der Waals surface area contributed by atoms with E-state index >= 15 is 0 Å². The topological polar surface area (TPSA) is 43.6 Å². The van der Waals surface area contributed by atoms with Crippen LogP contribution in [0.5, 0.6) is 0 Å². The Bertz CT molecular complexity index is 412. The lowest BCUT2D eigenvalue weighted by molar-refractivity contribution is 0.621. The van der Waals surface area contributed by atoms with E-state index in [0.29, 0.717) is 0 Å². The first-order chi connectivity index (χ1) is 7.35. The van der Waals surface area contributed by atoms with Gasteiger partial charge >= 0.3 is 0 Å². The van der Waals surface area contributed by atoms with Gasteiger partial charge in [-0.05, 0) is 19.1 Å². The Kier molecular flexibility index (Phi) is 2.76. The minimum Gasteiger partial charge on any atom is -0.264 e. The van der Waals surface area contributed by atoms with Crippen molar-refractivity contribution in [1.82, 2.24) is 19.7 Å². The second-order valence-electron chi connectivity index (χ2n) is 3.26. The summed E-state index contributed by atoms with van der Waals surface area (Å²) in [5, 5.41) is 4.44. The lowest BCUT2D eigenvalue weighted by Gasteiger charge is -1.96. The third-order valence-corrected chi connectivity index (χ3v) is 2.28. The molecule has 0 aliphatic rings. The highest BCUT2D eigenvalue weighted by atomic mass is 15.3. The van der Waals surface area contributed by atoms with Crippen molar-refractivity contribution in [2.45, 2.75) is 26.8 Å². The Balaban J connectivity index is 2.42. The number of hydrogen-bond acceptors (Lipinski definition) is 3. The summed E-state index contributed by atoms with van der Waals surface area (Å²) in [5.74, 6) is 1.79. The van der Waals surface area contributed by atoms with Crippen LogP contribution in [0.4, 0.5) is 0 Å². The van der Waals surface area contributed by atoms with Crippen LogP contribution in [-0.4, -0.2) is 19.7 Å². The maximum Gasteiger partial charge on any atom is 0.182 e. The van der Waals surface area contributed by atoms with Crippen LogP contribution in [0.2, 0.25) is 0 Å². The predicted molar refractivity (Wildman–Crippen MR) is 58.3 cm³/mol. The second-order valence-corrected chi connectivity index (χ2v) is 3.26. The molecule has 0 bridgehead atoms. The molecular formula is C11H14N4. The van der Waals surface area contributed by atoms with Crippen molar-refractivity contribution in [3.8, 4) is 11.4 Å². The first-order valence-corrected chi connectivity index (χ1v) is 5.19. The van der Waals surface area contributed by atoms with Gasteiger partial charge in [-0.2, -0.15) is 5.10 Å². The quantitative estimate of drug-likeness (QED) is 0.763. The van der Waals surface area contributed by atoms with Crippen molar-refractivity contribution in [2.24, 2.45) is 0 Å². The minimum absolute atomic E-state index is 0.766. The van der Waals surface area contributed by atoms with Crippen LogP contribution < -0.4 is 0 Å². The molecule has 4 nitrogen and oxygen atoms in total. The van der Waals surface area contributed by atoms with Gasteiger partial charge < -0.3 is 0 Å². The van der Waals surface area contributed by atoms with Gasteiger partial charge in [-0.3, -0.25) is 4.98 Å². The lowest BCUT2D eigenvalue weighted by atomic mass is 10.3. The van der Waals surface area contributed by atoms with Crippen molar-refractivity contribution in [2.75, 3.05) is 0 Å². The van der Waals surface area contributed by atoms with Gasteiger partial charge in [0, 0.05) is 30.9 Å². The number of hydrogen-bond donors (Lipinski definition) is 0. The van der Waals surface area contributed by atoms with Gasteiger partial charge in [0.05, 0.1) is 0 Å². The first-order valence-electron chi connectivity index (χ1n) is 5.19. The molecule has 4 heteroatoms. The molecule has 0 unspecified atom stereocenters. The van der Waals surface area contributed by atoms with Gasteiger partial charge in [0.2, 0.25) is 0 Å². The molecule has 0 fully saturated rings. The second kappa shape index (κ2) is 4.21. The maximum absolute atomic E-state index is 4.48. The monoisotopic (exact) mass is 202 g/mol. The zero-order valence-electron chi connectivity index (χ0n) is 9.01. The molecule has 0 spiro atoms. The van der Waals surface area contributed by atoms with Gasteiger partial charge in [-0.15, -0.1) is 0 Å². The smallest absolute Gasteiger partial charge is 0.182 e. The summed E-state index contributed by atoms with van der Waals surface area (Å²) in [6.45, 7) is 5.01. The molecule has 0 aromatic carbocycles. The average Bonchev–Trinajstić information content (AvgIpc) is 2.73. The highest BCUT2D eigenvalue weighted by molar-refractivity contribution is 5.52. The Morgan fingerprint density at radius 1 is 1.33 bits per heavy atom. The Hall–Kier alpha value is -1.71. The van der Waals surface area contributed by atoms with E-state index in [0.717, 1.165) is 30.2 Å². The van der Waals surface area contributed by atoms with Crippen molar-refractivity contribution in [1.29, 1.82) is 0 Å². The van der Waals surface area contributed by atoms with E-state index in [9.17, 15) is 0 Å². The minimum atomic E-state index is 0.766. The highest BCUT2D eigenvalue weighted by Gasteiger charge is 2.08. The number of nitrogens with zero attached hydrogens (tertiary/aromatic N) is 4. The van der Waals surface area contributed by atoms with Gasteiger partial charge in [0.25, 0.3) is 0 Å². The lowest BCUT2D eigenvalue weighted by Crippen LogP contribution is -2.01. The molecule has 0 amide bonds. The largest absolute Gasteiger partial charge is 0.264 e. The Morgan fingerprint density at radius 2 is 2.20 bits per heavy atom. The molecule has 0 saturated heterocycles. The van der Waals surface area contributed by atoms with Crippen molar-refractivity contribution in [3.05, 3.63) is 30.4 Å². The standard InChI is InChI=1S/C11H14N4/c1-3-10-13-11(14-15(10)4-2)9-6-5-7-12-8-9/h5-8H,3-4H2,1-2H3. The molecule has 15 heavy (non-hydrogen) atoms. The van der Waals surface area contributed by atoms with Crippen molar-refractivity contribution in [3.63, 3.8) is 0 Å². The highest BCUT2D eigenvalue weighted by Crippen LogP contribution is 2.13. The molecule has 0 saturated carbocycles. The van der Waals surface area contributed by atoms with E-state index in [1.165, 1.54) is 0 Å². The van der Waals surface area contributed by atoms with Crippen LogP contribution in [0, 0.1) is 0 Å². The molecule has 0 aliphatic heterocycles. The fourth-order valence-corrected chi connectivity index (χ4v) is 1.51. The molecule has 2 aromatic heterocycles. The van der Waals surface area contributed by atoms with E-state index in [2.05, 4.69) is 28.9 Å². The van der Waals surface area contributed by atoms with Crippen molar-refractivity contribution < 1.29 is 0 Å². The number of rotatable bonds is 3. The summed E-state index contributed by atoms with van der Waals surface area (Å²) in [6.07, 6.45) is 4.44. The normalized spacial score (nSPS) is 10.5. The van der Waals surface area contributed by atoms with E-state index in [-0.39, 0.29) is 0 Å². The van der Waals surface area contributed by atoms with Gasteiger partial charge in [0.15, 0.2) is 5.82 Å². The number of pyridine rings is 1. The average molecular weight is 202 g/mol. The summed E-state index contributed by atoms with van der Waals surface area (Å²) in [5.41, 5.74) is 0.972. The molecule has 0 atom stereocenters. The molecule has 78 valence electrons. The van der Waals surface area contributed by atoms with Crippen LogP contribution in [0.1, 0.15) is 19.7 Å². The van der Waals surface area contributed by atoms with Gasteiger partial charge in [-0.1, -0.05) is 6.92 Å². The first kappa shape index (κ1) is 9.83. The molecule has 0 radical (unpaired) electrons. The fourth-order valence-electron chi connectivity index (χ4n) is 1.51. The summed E-state index contributed by atoms with van der Waals surface area (Å²) in [6, 6.07) is 3.87. The third kappa shape index (κ3) is 1.88. The van der Waals surface area contributed by atoms with Crippen molar-refractivity contribution >= 4 is 0 Å². The molecule has 0 aliphatic carbocycles. The van der Waals surface area contributed by atoms with Crippen LogP contribution in [0.15, 0.2) is 24.5 Å². The van der Waals surface area contributed by atoms with E-state index in [4.69, 9.17) is 0 Å². The van der Waals surface area contributed by atoms with E-state index in [1.807, 2.05) is 16.8 Å². The number of aryl methyl sites for hydroxylation is 2. The summed E-state index contributed by atoms with van der Waals surface area (Å²) in [4.78, 5) is 8.54. The van der Waals surface area contributed by atoms with Crippen LogP contribution in [0.25, 0.3) is 11.4 Å². The summed E-state index contributed by atoms with van der Waals surface area (Å²) < 4.78 is 1.93. The Labute approximate surface area is 89.0 Å². The SMILES string of the molecule is CCc1nc(-c2cccnc2)nn1CC. The van der Waals surface area contributed by atoms with Gasteiger partial charge in [-0.25, -0.2) is 9.67 Å². The predicted octanol–water partition coefficient (Wildman–Crippen LogP) is 1.92. The Morgan fingerprint density at radius 3 is 2.73 bits per heavy atom. The zero-order valence-corrected chi connectivity index (χ0v) is 9.01. The van der Waals surface area contributed by atoms with Crippen LogP contribution in [0.3, 0.4) is 0 Å². The van der Waals surface area contributed by atoms with E-state index in [1.54, 1.807) is 12.4 Å². The maximum atomic E-state index is 4.48. The number of aromatic nitrogens is 4. The summed E-state index contributed by atoms with van der Waals surface area (Å²) >= 11 is 0. The molecule has 0 N–H and O–H groups in total. The van der Waals surface area contributed by atoms with E-state index < -0.39 is 0 Å². The van der Waals surface area contributed by atoms with Gasteiger partial charge in [0.1, 0.15) is 5.82 Å². The fraction of sp³-hybridized carbons (Fsp3) is 0.364. The molecular weight excluding hydrogens is 188 g/mol. The molecule has 2 heterocycles. The molecule has 2 rings (SSSR count). The van der Waals surface area contributed by atoms with Crippen LogP contribution in [-0.2, 0) is 13.0 Å². The molecule has 2 aromatic rings. The third-order valence-electron chi connectivity index (χ3n) is 2.28. The van der Waals surface area contributed by atoms with Crippen LogP contribution >= 0.6 is 0 Å². The zero-order chi connectivity index (χ0) is 10.7.